The molecule has 0 aliphatic rings. The summed E-state index contributed by atoms with van der Waals surface area (Å²) in [6.45, 7) is 1.63. The number of nitro benzene ring substituents is 1. The molecule has 4 aromatic rings. The Labute approximate surface area is 180 Å². The highest BCUT2D eigenvalue weighted by atomic mass is 32.2. The number of hydrogen-bond donors (Lipinski definition) is 0. The highest BCUT2D eigenvalue weighted by Gasteiger charge is 2.18. The number of nitrogens with zero attached hydrogens (tertiary/aromatic N) is 1. The minimum absolute atomic E-state index is 0.0124. The van der Waals surface area contributed by atoms with E-state index in [9.17, 15) is 19.7 Å². The van der Waals surface area contributed by atoms with E-state index in [1.54, 1.807) is 25.1 Å². The van der Waals surface area contributed by atoms with Crippen LogP contribution in [-0.4, -0.2) is 16.1 Å². The Hall–Kier alpha value is -3.65. The lowest BCUT2D eigenvalue weighted by Crippen LogP contribution is -2.17. The number of carbonyl (C=O) groups is 1. The van der Waals surface area contributed by atoms with E-state index in [0.717, 1.165) is 16.2 Å². The second kappa shape index (κ2) is 8.61. The zero-order valence-corrected chi connectivity index (χ0v) is 17.3. The van der Waals surface area contributed by atoms with Crippen LogP contribution >= 0.6 is 11.8 Å². The molecule has 0 N–H and O–H groups in total. The second-order valence-corrected chi connectivity index (χ2v) is 8.28. The number of fused-ring (bicyclic) bond motifs is 3. The van der Waals surface area contributed by atoms with Crippen LogP contribution in [0.15, 0.2) is 80.8 Å². The van der Waals surface area contributed by atoms with Crippen molar-refractivity contribution in [2.45, 2.75) is 23.7 Å². The number of carbonyl (C=O) groups excluding carboxylic acids is 1. The van der Waals surface area contributed by atoms with Crippen LogP contribution in [0.2, 0.25) is 0 Å². The van der Waals surface area contributed by atoms with Crippen molar-refractivity contribution in [3.8, 4) is 0 Å². The van der Waals surface area contributed by atoms with Gasteiger partial charge in [-0.2, -0.15) is 0 Å². The molecule has 0 aliphatic heterocycles. The van der Waals surface area contributed by atoms with Crippen molar-refractivity contribution < 1.29 is 18.9 Å². The smallest absolute Gasteiger partial charge is 0.336 e. The zero-order valence-electron chi connectivity index (χ0n) is 16.4. The third kappa shape index (κ3) is 4.44. The molecule has 156 valence electrons. The van der Waals surface area contributed by atoms with Crippen LogP contribution < -0.4 is 5.63 Å². The lowest BCUT2D eigenvalue weighted by Gasteiger charge is -2.13. The summed E-state index contributed by atoms with van der Waals surface area (Å²) in [7, 11) is 0. The average molecular weight is 435 g/mol. The van der Waals surface area contributed by atoms with Crippen LogP contribution in [0, 0.1) is 10.1 Å². The third-order valence-corrected chi connectivity index (χ3v) is 5.87. The van der Waals surface area contributed by atoms with Crippen molar-refractivity contribution in [2.75, 3.05) is 0 Å². The number of thioether (sulfide) groups is 1. The van der Waals surface area contributed by atoms with Crippen molar-refractivity contribution in [3.05, 3.63) is 92.8 Å². The van der Waals surface area contributed by atoms with Gasteiger partial charge in [-0.15, -0.1) is 11.8 Å². The molecular weight excluding hydrogens is 418 g/mol. The van der Waals surface area contributed by atoms with E-state index in [1.807, 2.05) is 30.3 Å². The highest BCUT2D eigenvalue weighted by molar-refractivity contribution is 8.00. The Kier molecular flexibility index (Phi) is 5.73. The maximum atomic E-state index is 12.5. The molecule has 0 saturated heterocycles. The predicted molar refractivity (Wildman–Crippen MR) is 118 cm³/mol. The number of hydrogen-bond acceptors (Lipinski definition) is 7. The van der Waals surface area contributed by atoms with Gasteiger partial charge in [-0.05, 0) is 35.9 Å². The Bertz CT molecular complexity index is 1350. The zero-order chi connectivity index (χ0) is 22.0. The van der Waals surface area contributed by atoms with Gasteiger partial charge >= 0.3 is 11.6 Å². The van der Waals surface area contributed by atoms with Gasteiger partial charge in [-0.1, -0.05) is 30.3 Å². The first-order valence-corrected chi connectivity index (χ1v) is 10.3. The Morgan fingerprint density at radius 1 is 1.13 bits per heavy atom. The van der Waals surface area contributed by atoms with Gasteiger partial charge in [0.25, 0.3) is 5.69 Å². The molecule has 0 spiro atoms. The van der Waals surface area contributed by atoms with Crippen molar-refractivity contribution in [3.63, 3.8) is 0 Å². The largest absolute Gasteiger partial charge is 0.460 e. The Balaban J connectivity index is 1.53. The molecule has 1 unspecified atom stereocenters. The summed E-state index contributed by atoms with van der Waals surface area (Å²) in [5.74, 6) is -0.454. The molecule has 8 heteroatoms. The van der Waals surface area contributed by atoms with Crippen LogP contribution in [0.5, 0.6) is 0 Å². The van der Waals surface area contributed by atoms with Crippen molar-refractivity contribution >= 4 is 45.2 Å². The normalized spacial score (nSPS) is 12.0. The monoisotopic (exact) mass is 435 g/mol. The molecule has 1 atom stereocenters. The molecule has 4 rings (SSSR count). The Morgan fingerprint density at radius 2 is 1.87 bits per heavy atom. The predicted octanol–water partition coefficient (Wildman–Crippen LogP) is 5.08. The van der Waals surface area contributed by atoms with Crippen molar-refractivity contribution in [2.24, 2.45) is 0 Å². The first kappa shape index (κ1) is 20.6. The molecular formula is C23H17NO6S. The fraction of sp³-hybridized carbons (Fsp3) is 0.130. The first-order valence-electron chi connectivity index (χ1n) is 9.44. The van der Waals surface area contributed by atoms with Crippen LogP contribution in [0.25, 0.3) is 21.7 Å². The summed E-state index contributed by atoms with van der Waals surface area (Å²) < 4.78 is 10.8. The summed E-state index contributed by atoms with van der Waals surface area (Å²) >= 11 is 1.24. The van der Waals surface area contributed by atoms with Gasteiger partial charge in [0.1, 0.15) is 17.4 Å². The van der Waals surface area contributed by atoms with Crippen LogP contribution in [-0.2, 0) is 16.1 Å². The number of rotatable bonds is 6. The summed E-state index contributed by atoms with van der Waals surface area (Å²) in [6, 6.07) is 18.6. The summed E-state index contributed by atoms with van der Waals surface area (Å²) in [5, 5.41) is 12.8. The van der Waals surface area contributed by atoms with Gasteiger partial charge in [-0.3, -0.25) is 14.9 Å². The molecule has 0 bridgehead atoms. The summed E-state index contributed by atoms with van der Waals surface area (Å²) in [5.41, 5.74) is 0.484. The highest BCUT2D eigenvalue weighted by Crippen LogP contribution is 2.29. The first-order chi connectivity index (χ1) is 14.9. The standard InChI is InChI=1S/C23H17NO6S/c1-14(31-18-9-7-17(8-10-18)24(27)28)23(26)29-13-16-12-21(25)30-20-11-6-15-4-2-3-5-19(15)22(16)20/h2-12,14H,13H2,1H3. The molecule has 1 aromatic heterocycles. The molecule has 1 heterocycles. The summed E-state index contributed by atoms with van der Waals surface area (Å²) in [4.78, 5) is 35.5. The number of nitro groups is 1. The molecule has 31 heavy (non-hydrogen) atoms. The molecule has 0 aliphatic carbocycles. The maximum Gasteiger partial charge on any atom is 0.336 e. The number of benzene rings is 3. The van der Waals surface area contributed by atoms with E-state index in [-0.39, 0.29) is 12.3 Å². The molecule has 7 nitrogen and oxygen atoms in total. The van der Waals surface area contributed by atoms with Gasteiger partial charge in [0.05, 0.1) is 4.92 Å². The Morgan fingerprint density at radius 3 is 2.61 bits per heavy atom. The second-order valence-electron chi connectivity index (χ2n) is 6.87. The average Bonchev–Trinajstić information content (AvgIpc) is 2.77. The maximum absolute atomic E-state index is 12.5. The van der Waals surface area contributed by atoms with Crippen LogP contribution in [0.1, 0.15) is 12.5 Å². The lowest BCUT2D eigenvalue weighted by molar-refractivity contribution is -0.384. The van der Waals surface area contributed by atoms with Gasteiger partial charge < -0.3 is 9.15 Å². The summed E-state index contributed by atoms with van der Waals surface area (Å²) in [6.07, 6.45) is 0. The van der Waals surface area contributed by atoms with E-state index in [2.05, 4.69) is 0 Å². The minimum atomic E-state index is -0.537. The molecule has 0 fully saturated rings. The van der Waals surface area contributed by atoms with Crippen molar-refractivity contribution in [1.82, 2.24) is 0 Å². The topological polar surface area (TPSA) is 99.6 Å². The van der Waals surface area contributed by atoms with Crippen LogP contribution in [0.4, 0.5) is 5.69 Å². The number of esters is 1. The van der Waals surface area contributed by atoms with E-state index in [1.165, 1.54) is 30.0 Å². The van der Waals surface area contributed by atoms with Crippen LogP contribution in [0.3, 0.4) is 0 Å². The van der Waals surface area contributed by atoms with E-state index < -0.39 is 21.8 Å². The molecule has 0 amide bonds. The van der Waals surface area contributed by atoms with Gasteiger partial charge in [-0.25, -0.2) is 4.79 Å². The third-order valence-electron chi connectivity index (χ3n) is 4.78. The van der Waals surface area contributed by atoms with Crippen molar-refractivity contribution in [1.29, 1.82) is 0 Å². The fourth-order valence-corrected chi connectivity index (χ4v) is 4.16. The molecule has 0 saturated carbocycles. The quantitative estimate of drug-likeness (QED) is 0.104. The SMILES string of the molecule is CC(Sc1ccc([N+](=O)[O-])cc1)C(=O)OCc1cc(=O)oc2ccc3ccccc3c12. The number of ether oxygens (including phenoxy) is 1. The minimum Gasteiger partial charge on any atom is -0.460 e. The van der Waals surface area contributed by atoms with E-state index in [0.29, 0.717) is 16.0 Å². The van der Waals surface area contributed by atoms with Gasteiger partial charge in [0.2, 0.25) is 0 Å². The van der Waals surface area contributed by atoms with Gasteiger partial charge in [0, 0.05) is 34.0 Å². The number of non-ortho nitro benzene ring substituents is 1. The lowest BCUT2D eigenvalue weighted by atomic mass is 10.0. The molecule has 0 radical (unpaired) electrons. The fourth-order valence-electron chi connectivity index (χ4n) is 3.30. The van der Waals surface area contributed by atoms with E-state index in [4.69, 9.17) is 9.15 Å². The van der Waals surface area contributed by atoms with Gasteiger partial charge in [0.15, 0.2) is 0 Å². The van der Waals surface area contributed by atoms with E-state index >= 15 is 0 Å². The molecule has 3 aromatic carbocycles.